The van der Waals surface area contributed by atoms with E-state index in [4.69, 9.17) is 9.68 Å². The third-order valence-electron chi connectivity index (χ3n) is 1.65. The number of pyridine rings is 2. The third kappa shape index (κ3) is 1.46. The van der Waals surface area contributed by atoms with E-state index in [-0.39, 0.29) is 0 Å². The van der Waals surface area contributed by atoms with Crippen molar-refractivity contribution in [3.8, 4) is 5.75 Å². The summed E-state index contributed by atoms with van der Waals surface area (Å²) in [6.07, 6.45) is 3.23. The van der Waals surface area contributed by atoms with Crippen LogP contribution in [0, 0.1) is 0 Å². The summed E-state index contributed by atoms with van der Waals surface area (Å²) in [5.41, 5.74) is 0.599. The van der Waals surface area contributed by atoms with E-state index in [0.29, 0.717) is 19.1 Å². The fourth-order valence-corrected chi connectivity index (χ4v) is 1.12. The first-order chi connectivity index (χ1) is 6.42. The van der Waals surface area contributed by atoms with Crippen LogP contribution in [0.5, 0.6) is 5.75 Å². The summed E-state index contributed by atoms with van der Waals surface area (Å²) in [5.74, 6) is 0.542. The van der Waals surface area contributed by atoms with Gasteiger partial charge in [-0.15, -0.1) is 0 Å². The first-order valence-electron chi connectivity index (χ1n) is 3.74. The standard InChI is InChI=1S/C8H6BN2O2/c12-9-13-7-3-5-11-8-6(7)2-1-4-10-8/h1-5,12H. The van der Waals surface area contributed by atoms with Gasteiger partial charge in [0.2, 0.25) is 0 Å². The summed E-state index contributed by atoms with van der Waals surface area (Å²) >= 11 is 0. The Bertz CT molecular complexity index is 416. The summed E-state index contributed by atoms with van der Waals surface area (Å²) < 4.78 is 4.87. The maximum atomic E-state index is 8.49. The fraction of sp³-hybridized carbons (Fsp3) is 0. The SMILES string of the molecule is O[B]Oc1ccnc2ncccc12. The Morgan fingerprint density at radius 3 is 2.92 bits per heavy atom. The van der Waals surface area contributed by atoms with Gasteiger partial charge in [-0.2, -0.15) is 0 Å². The smallest absolute Gasteiger partial charge is 0.537 e. The molecule has 0 aromatic carbocycles. The lowest BCUT2D eigenvalue weighted by Gasteiger charge is -2.03. The molecule has 2 aromatic heterocycles. The Morgan fingerprint density at radius 1 is 1.23 bits per heavy atom. The molecule has 5 heteroatoms. The molecule has 63 valence electrons. The molecule has 1 N–H and O–H groups in total. The zero-order valence-electron chi connectivity index (χ0n) is 6.71. The normalized spacial score (nSPS) is 9.92. The predicted octanol–water partition coefficient (Wildman–Crippen LogP) is 0.535. The molecule has 0 aliphatic heterocycles. The Hall–Kier alpha value is -1.62. The topological polar surface area (TPSA) is 55.2 Å². The van der Waals surface area contributed by atoms with E-state index >= 15 is 0 Å². The van der Waals surface area contributed by atoms with E-state index < -0.39 is 0 Å². The van der Waals surface area contributed by atoms with Crippen LogP contribution in [0.3, 0.4) is 0 Å². The average Bonchev–Trinajstić information content (AvgIpc) is 2.19. The third-order valence-corrected chi connectivity index (χ3v) is 1.65. The second-order valence-electron chi connectivity index (χ2n) is 2.41. The zero-order valence-corrected chi connectivity index (χ0v) is 6.71. The van der Waals surface area contributed by atoms with E-state index in [1.807, 2.05) is 6.07 Å². The molecule has 0 fully saturated rings. The van der Waals surface area contributed by atoms with Crippen LogP contribution in [0.15, 0.2) is 30.6 Å². The molecular formula is C8H6BN2O2. The van der Waals surface area contributed by atoms with Crippen LogP contribution in [0.1, 0.15) is 0 Å². The van der Waals surface area contributed by atoms with Gasteiger partial charge in [-0.3, -0.25) is 0 Å². The molecule has 0 atom stereocenters. The van der Waals surface area contributed by atoms with Crippen LogP contribution >= 0.6 is 0 Å². The largest absolute Gasteiger partial charge is 0.569 e. The number of aromatic nitrogens is 2. The van der Waals surface area contributed by atoms with Gasteiger partial charge < -0.3 is 9.68 Å². The molecule has 2 rings (SSSR count). The number of nitrogens with zero attached hydrogens (tertiary/aromatic N) is 2. The molecule has 13 heavy (non-hydrogen) atoms. The highest BCUT2D eigenvalue weighted by molar-refractivity contribution is 6.17. The highest BCUT2D eigenvalue weighted by Crippen LogP contribution is 2.20. The lowest BCUT2D eigenvalue weighted by molar-refractivity contribution is 0.456. The Kier molecular flexibility index (Phi) is 2.10. The minimum absolute atomic E-state index is 0.542. The molecule has 4 nitrogen and oxygen atoms in total. The zero-order chi connectivity index (χ0) is 9.10. The lowest BCUT2D eigenvalue weighted by atomic mass is 10.2. The maximum Gasteiger partial charge on any atom is 0.569 e. The van der Waals surface area contributed by atoms with Crippen molar-refractivity contribution in [1.82, 2.24) is 9.97 Å². The minimum atomic E-state index is 0.542. The van der Waals surface area contributed by atoms with E-state index in [1.54, 1.807) is 24.5 Å². The van der Waals surface area contributed by atoms with Gasteiger partial charge in [0.15, 0.2) is 5.65 Å². The molecule has 0 bridgehead atoms. The minimum Gasteiger partial charge on any atom is -0.537 e. The monoisotopic (exact) mass is 173 g/mol. The van der Waals surface area contributed by atoms with Gasteiger partial charge in [0, 0.05) is 12.4 Å². The quantitative estimate of drug-likeness (QED) is 0.673. The van der Waals surface area contributed by atoms with E-state index in [0.717, 1.165) is 5.39 Å². The van der Waals surface area contributed by atoms with Crippen molar-refractivity contribution >= 4 is 18.7 Å². The first-order valence-corrected chi connectivity index (χ1v) is 3.74. The molecular weight excluding hydrogens is 167 g/mol. The van der Waals surface area contributed by atoms with Crippen LogP contribution in [0.2, 0.25) is 0 Å². The van der Waals surface area contributed by atoms with Gasteiger partial charge in [-0.1, -0.05) is 0 Å². The van der Waals surface area contributed by atoms with E-state index in [9.17, 15) is 0 Å². The number of fused-ring (bicyclic) bond motifs is 1. The molecule has 1 radical (unpaired) electrons. The summed E-state index contributed by atoms with van der Waals surface area (Å²) in [7, 11) is 0.641. The van der Waals surface area contributed by atoms with Gasteiger partial charge in [0.05, 0.1) is 5.39 Å². The van der Waals surface area contributed by atoms with Gasteiger partial charge in [-0.05, 0) is 18.2 Å². The summed E-state index contributed by atoms with van der Waals surface area (Å²) in [5, 5.41) is 9.26. The van der Waals surface area contributed by atoms with Crippen molar-refractivity contribution in [3.05, 3.63) is 30.6 Å². The number of hydrogen-bond acceptors (Lipinski definition) is 4. The molecule has 0 spiro atoms. The molecule has 0 aliphatic rings. The van der Waals surface area contributed by atoms with Gasteiger partial charge >= 0.3 is 7.69 Å². The molecule has 2 heterocycles. The summed E-state index contributed by atoms with van der Waals surface area (Å²) in [4.78, 5) is 8.07. The van der Waals surface area contributed by atoms with Crippen LogP contribution in [-0.2, 0) is 0 Å². The van der Waals surface area contributed by atoms with Gasteiger partial charge in [-0.25, -0.2) is 9.97 Å². The fourth-order valence-electron chi connectivity index (χ4n) is 1.12. The van der Waals surface area contributed by atoms with Crippen molar-refractivity contribution in [2.45, 2.75) is 0 Å². The summed E-state index contributed by atoms with van der Waals surface area (Å²) in [6, 6.07) is 5.28. The van der Waals surface area contributed by atoms with Gasteiger partial charge in [0.1, 0.15) is 5.75 Å². The first kappa shape index (κ1) is 8.00. The molecule has 0 saturated carbocycles. The van der Waals surface area contributed by atoms with Crippen molar-refractivity contribution in [2.75, 3.05) is 0 Å². The Balaban J connectivity index is 2.61. The van der Waals surface area contributed by atoms with E-state index in [1.165, 1.54) is 0 Å². The second-order valence-corrected chi connectivity index (χ2v) is 2.41. The highest BCUT2D eigenvalue weighted by atomic mass is 16.5. The number of rotatable bonds is 2. The average molecular weight is 173 g/mol. The second kappa shape index (κ2) is 3.41. The highest BCUT2D eigenvalue weighted by Gasteiger charge is 2.02. The van der Waals surface area contributed by atoms with E-state index in [2.05, 4.69) is 9.97 Å². The predicted molar refractivity (Wildman–Crippen MR) is 48.1 cm³/mol. The van der Waals surface area contributed by atoms with Gasteiger partial charge in [0.25, 0.3) is 0 Å². The maximum absolute atomic E-state index is 8.49. The molecule has 0 amide bonds. The lowest BCUT2D eigenvalue weighted by Crippen LogP contribution is -2.00. The molecule has 2 aromatic rings. The van der Waals surface area contributed by atoms with Crippen molar-refractivity contribution in [3.63, 3.8) is 0 Å². The van der Waals surface area contributed by atoms with Crippen LogP contribution in [0.25, 0.3) is 11.0 Å². The van der Waals surface area contributed by atoms with Crippen LogP contribution in [-0.4, -0.2) is 22.7 Å². The van der Waals surface area contributed by atoms with Crippen LogP contribution < -0.4 is 4.65 Å². The Morgan fingerprint density at radius 2 is 2.08 bits per heavy atom. The summed E-state index contributed by atoms with van der Waals surface area (Å²) in [6.45, 7) is 0. The number of hydrogen-bond donors (Lipinski definition) is 1. The molecule has 0 unspecified atom stereocenters. The molecule has 0 aliphatic carbocycles. The van der Waals surface area contributed by atoms with Crippen molar-refractivity contribution in [1.29, 1.82) is 0 Å². The van der Waals surface area contributed by atoms with Crippen molar-refractivity contribution < 1.29 is 9.68 Å². The van der Waals surface area contributed by atoms with Crippen LogP contribution in [0.4, 0.5) is 0 Å². The van der Waals surface area contributed by atoms with Crippen molar-refractivity contribution in [2.24, 2.45) is 0 Å². The Labute approximate surface area is 75.5 Å². The molecule has 0 saturated heterocycles.